The largest absolute Gasteiger partial charge is 0.472 e. The molecule has 28 heteroatoms. The highest BCUT2D eigenvalue weighted by molar-refractivity contribution is 7.47. The number of aryl methyl sites for hydroxylation is 2. The standard InChI is InChI=1S/C62H102N13O14P/c1-29-20-39-40(21-30(29)2)75(28-70-39)57-52(84)53(41(27-76)87-57)89-90(85,86)88-31(3)26-69-49(83)18-19-59(8)37(22-46(66)80)56-62(11)61(10,25-48(68)82)36(14-17-45(65)79)51(74-62)33(5)55-60(9,24-47(67)81)34(12-15-43(63)77)38(71-55)23-42-58(6,7)35(13-16-44(64)78)50(72-42)32(4)54(59)73-56/h20-21,28,31-38,41-42,50-57,71-74,76,84H,12-19,22-27H2,1-11H3,(H2,63,77)(H2,64,78)(H2,65,79)(H2,66,80)(H2,67,81)(H2,68,82)(H,69,83)(H,85,86)/t31-,32?,33?,34-,35-,36-,37+,38+,41-,42+,50-,51-,52-,53-,54-,55-,56-,57+,59-,60+,61+,62+/m1/s1. The zero-order valence-electron chi connectivity index (χ0n) is 54.2. The Kier molecular flexibility index (Phi) is 20.9. The Morgan fingerprint density at radius 2 is 1.33 bits per heavy atom. The average Bonchev–Trinajstić information content (AvgIpc) is 1.53. The van der Waals surface area contributed by atoms with E-state index in [1.165, 1.54) is 13.3 Å². The first kappa shape index (κ1) is 70.7. The van der Waals surface area contributed by atoms with Crippen molar-refractivity contribution in [2.24, 2.45) is 91.6 Å². The molecule has 3 unspecified atom stereocenters. The van der Waals surface area contributed by atoms with Crippen molar-refractivity contribution < 1.29 is 67.0 Å². The van der Waals surface area contributed by atoms with Crippen molar-refractivity contribution in [3.05, 3.63) is 29.6 Å². The van der Waals surface area contributed by atoms with Crippen molar-refractivity contribution in [3.63, 3.8) is 0 Å². The molecule has 8 bridgehead atoms. The molecule has 2 aromatic rings. The van der Waals surface area contributed by atoms with Gasteiger partial charge in [0.25, 0.3) is 0 Å². The quantitative estimate of drug-likeness (QED) is 0.0585. The summed E-state index contributed by atoms with van der Waals surface area (Å²) >= 11 is 0. The van der Waals surface area contributed by atoms with E-state index in [-0.39, 0.29) is 100 Å². The van der Waals surface area contributed by atoms with Crippen molar-refractivity contribution in [1.29, 1.82) is 0 Å². The van der Waals surface area contributed by atoms with Gasteiger partial charge in [-0.05, 0) is 135 Å². The zero-order valence-corrected chi connectivity index (χ0v) is 55.1. The number of hydrogen-bond acceptors (Lipinski definition) is 18. The third-order valence-corrected chi connectivity index (χ3v) is 24.4. The first-order chi connectivity index (χ1) is 41.8. The number of nitrogens with two attached hydrogens (primary N) is 6. The highest BCUT2D eigenvalue weighted by Gasteiger charge is 2.70. The number of benzene rings is 1. The number of ether oxygens (including phenoxy) is 1. The molecule has 6 aliphatic rings. The van der Waals surface area contributed by atoms with Gasteiger partial charge in [0.15, 0.2) is 6.23 Å². The Hall–Kier alpha value is -5.19. The summed E-state index contributed by atoms with van der Waals surface area (Å²) < 4.78 is 32.4. The number of hydrogen-bond donors (Lipinski definition) is 14. The lowest BCUT2D eigenvalue weighted by molar-refractivity contribution is -0.124. The van der Waals surface area contributed by atoms with Crippen LogP contribution in [-0.2, 0) is 51.9 Å². The van der Waals surface area contributed by atoms with Crippen LogP contribution in [0.4, 0.5) is 0 Å². The van der Waals surface area contributed by atoms with Crippen LogP contribution >= 0.6 is 7.82 Å². The molecule has 0 saturated carbocycles. The second kappa shape index (κ2) is 26.7. The van der Waals surface area contributed by atoms with Gasteiger partial charge in [0, 0.05) is 105 Å². The summed E-state index contributed by atoms with van der Waals surface area (Å²) in [6.45, 7) is 20.9. The number of primary amides is 6. The monoisotopic (exact) mass is 1280 g/mol. The maximum atomic E-state index is 14.4. The Morgan fingerprint density at radius 1 is 0.756 bits per heavy atom. The third kappa shape index (κ3) is 13.6. The van der Waals surface area contributed by atoms with Crippen LogP contribution in [0.5, 0.6) is 0 Å². The lowest BCUT2D eigenvalue weighted by Crippen LogP contribution is -2.65. The summed E-state index contributed by atoms with van der Waals surface area (Å²) in [6.07, 6.45) is -3.93. The number of imidazole rings is 1. The molecule has 6 saturated heterocycles. The van der Waals surface area contributed by atoms with Crippen molar-refractivity contribution in [2.75, 3.05) is 13.2 Å². The number of carbonyl (C=O) groups is 7. The van der Waals surface area contributed by atoms with Gasteiger partial charge in [-0.15, -0.1) is 0 Å². The fraction of sp³-hybridized carbons (Fsp3) is 0.774. The lowest BCUT2D eigenvalue weighted by atomic mass is 9.55. The summed E-state index contributed by atoms with van der Waals surface area (Å²) in [4.78, 5) is 110. The second-order valence-corrected chi connectivity index (χ2v) is 30.5. The molecule has 0 spiro atoms. The molecule has 1 aromatic heterocycles. The number of aromatic nitrogens is 2. The van der Waals surface area contributed by atoms with Crippen LogP contribution in [0.2, 0.25) is 0 Å². The van der Waals surface area contributed by atoms with Crippen molar-refractivity contribution in [2.45, 2.75) is 232 Å². The first-order valence-corrected chi connectivity index (χ1v) is 33.4. The van der Waals surface area contributed by atoms with Gasteiger partial charge < -0.3 is 85.4 Å². The van der Waals surface area contributed by atoms with Crippen LogP contribution in [0.25, 0.3) is 11.0 Å². The zero-order chi connectivity index (χ0) is 66.7. The van der Waals surface area contributed by atoms with Crippen molar-refractivity contribution in [1.82, 2.24) is 36.1 Å². The summed E-state index contributed by atoms with van der Waals surface area (Å²) in [6, 6.07) is 0.640. The van der Waals surface area contributed by atoms with Gasteiger partial charge in [-0.3, -0.25) is 42.6 Å². The maximum absolute atomic E-state index is 14.4. The summed E-state index contributed by atoms with van der Waals surface area (Å²) in [7, 11) is -5.04. The predicted molar refractivity (Wildman–Crippen MR) is 333 cm³/mol. The second-order valence-electron chi connectivity index (χ2n) is 29.2. The van der Waals surface area contributed by atoms with Crippen LogP contribution in [0.1, 0.15) is 157 Å². The normalized spacial score (nSPS) is 38.9. The van der Waals surface area contributed by atoms with Crippen LogP contribution in [0.3, 0.4) is 0 Å². The maximum Gasteiger partial charge on any atom is 0.472 e. The number of nitrogens with one attached hydrogen (secondary N) is 5. The minimum absolute atomic E-state index is 0.0410. The molecule has 7 amide bonds. The van der Waals surface area contributed by atoms with Crippen molar-refractivity contribution in [3.8, 4) is 0 Å². The Morgan fingerprint density at radius 3 is 1.92 bits per heavy atom. The van der Waals surface area contributed by atoms with E-state index in [0.29, 0.717) is 30.3 Å². The molecular formula is C62H102N13O14P. The molecule has 90 heavy (non-hydrogen) atoms. The Balaban J connectivity index is 1.14. The number of nitrogens with zero attached hydrogens (tertiary/aromatic N) is 2. The number of rotatable bonds is 26. The SMILES string of the molecule is Cc1cc2ncn([C@H]3O[C@H](CO)[C@@H](OP(=O)(O)O[C@H](C)CNC(=O)CC[C@@]4(C)[C@@H]5N[C@H]([C@@H]4CC(N)=O)[C@]4(C)N[C@H](C(C)[C@H]6N[C@@H](C[C@@H]7N[C@H](C5C)[C@@H](CCC(N)=O)C7(C)C)[C@@H](CCC(N)=O)[C@]6(C)CC(N)=O)[C@@H](CCC(N)=O)[C@]4(C)CC(N)=O)[C@H]3O)c2cc1C. The van der Waals surface area contributed by atoms with Gasteiger partial charge in [-0.2, -0.15) is 0 Å². The molecule has 0 aliphatic carbocycles. The highest BCUT2D eigenvalue weighted by Crippen LogP contribution is 2.62. The fourth-order valence-electron chi connectivity index (χ4n) is 18.4. The van der Waals surface area contributed by atoms with E-state index in [0.717, 1.165) is 11.1 Å². The van der Waals surface area contributed by atoms with Gasteiger partial charge in [-0.1, -0.05) is 48.5 Å². The van der Waals surface area contributed by atoms with Gasteiger partial charge in [0.1, 0.15) is 18.3 Å². The molecule has 7 heterocycles. The van der Waals surface area contributed by atoms with E-state index >= 15 is 0 Å². The van der Waals surface area contributed by atoms with E-state index in [1.54, 1.807) is 4.57 Å². The number of carbonyl (C=O) groups excluding carboxylic acids is 7. The molecule has 27 nitrogen and oxygen atoms in total. The number of aliphatic hydroxyl groups excluding tert-OH is 2. The molecule has 1 aromatic carbocycles. The van der Waals surface area contributed by atoms with Crippen molar-refractivity contribution >= 4 is 60.2 Å². The van der Waals surface area contributed by atoms with E-state index in [9.17, 15) is 53.2 Å². The van der Waals surface area contributed by atoms with Crippen LogP contribution in [0, 0.1) is 71.0 Å². The molecule has 0 radical (unpaired) electrons. The van der Waals surface area contributed by atoms with E-state index in [1.807, 2.05) is 53.7 Å². The number of phosphoric ester groups is 1. The number of aliphatic hydroxyl groups is 2. The Labute approximate surface area is 527 Å². The van der Waals surface area contributed by atoms with Crippen LogP contribution < -0.4 is 61.0 Å². The molecule has 6 fully saturated rings. The molecule has 23 atom stereocenters. The predicted octanol–water partition coefficient (Wildman–Crippen LogP) is 1.05. The summed E-state index contributed by atoms with van der Waals surface area (Å²) in [5, 5.41) is 40.9. The van der Waals surface area contributed by atoms with E-state index in [4.69, 9.17) is 48.2 Å². The molecule has 8 rings (SSSR count). The Bertz CT molecular complexity index is 3100. The lowest BCUT2D eigenvalue weighted by Gasteiger charge is -2.50. The average molecular weight is 1280 g/mol. The topological polar surface area (TPSA) is 459 Å². The van der Waals surface area contributed by atoms with Gasteiger partial charge >= 0.3 is 7.82 Å². The third-order valence-electron chi connectivity index (χ3n) is 23.3. The van der Waals surface area contributed by atoms with Gasteiger partial charge in [0.05, 0.1) is 30.1 Å². The minimum atomic E-state index is -5.04. The van der Waals surface area contributed by atoms with E-state index < -0.39 is 156 Å². The molecular weight excluding hydrogens is 1180 g/mol. The minimum Gasteiger partial charge on any atom is -0.394 e. The number of amides is 7. The fourth-order valence-corrected chi connectivity index (χ4v) is 19.5. The molecule has 20 N–H and O–H groups in total. The molecule has 504 valence electrons. The smallest absolute Gasteiger partial charge is 0.394 e. The van der Waals surface area contributed by atoms with Gasteiger partial charge in [0.2, 0.25) is 41.4 Å². The molecule has 6 aliphatic heterocycles. The van der Waals surface area contributed by atoms with E-state index in [2.05, 4.69) is 59.3 Å². The highest BCUT2D eigenvalue weighted by atomic mass is 31.2. The number of fused-ring (bicyclic) bond motifs is 10. The first-order valence-electron chi connectivity index (χ1n) is 31.9. The summed E-state index contributed by atoms with van der Waals surface area (Å²) in [5.41, 5.74) is 35.1. The van der Waals surface area contributed by atoms with Gasteiger partial charge in [-0.25, -0.2) is 9.55 Å². The van der Waals surface area contributed by atoms with Crippen LogP contribution in [0.15, 0.2) is 18.5 Å². The summed E-state index contributed by atoms with van der Waals surface area (Å²) in [5.74, 6) is -6.19. The number of phosphoric acid groups is 1. The van der Waals surface area contributed by atoms with Crippen LogP contribution in [-0.4, -0.2) is 151 Å².